The molecule has 0 aliphatic carbocycles. The average molecular weight is 307 g/mol. The van der Waals surface area contributed by atoms with Crippen molar-refractivity contribution in [3.63, 3.8) is 0 Å². The molecule has 2 N–H and O–H groups in total. The van der Waals surface area contributed by atoms with Gasteiger partial charge in [-0.1, -0.05) is 18.2 Å². The summed E-state index contributed by atoms with van der Waals surface area (Å²) in [5, 5.41) is 5.38. The monoisotopic (exact) mass is 307 g/mol. The van der Waals surface area contributed by atoms with Crippen molar-refractivity contribution in [2.75, 3.05) is 26.2 Å². The normalized spacial score (nSPS) is 11.2. The molecular formula is C16H25N3O3. The van der Waals surface area contributed by atoms with Crippen molar-refractivity contribution >= 4 is 17.7 Å². The van der Waals surface area contributed by atoms with E-state index in [0.29, 0.717) is 26.2 Å². The van der Waals surface area contributed by atoms with Gasteiger partial charge in [0.15, 0.2) is 0 Å². The highest BCUT2D eigenvalue weighted by Gasteiger charge is 2.10. The second-order valence-electron chi connectivity index (χ2n) is 4.41. The lowest BCUT2D eigenvalue weighted by Crippen LogP contribution is -2.41. The first-order valence-corrected chi connectivity index (χ1v) is 7.27. The summed E-state index contributed by atoms with van der Waals surface area (Å²) in [6, 6.07) is 0. The zero-order valence-corrected chi connectivity index (χ0v) is 13.5. The van der Waals surface area contributed by atoms with Crippen molar-refractivity contribution in [3.8, 4) is 0 Å². The number of amides is 3. The number of carbonyl (C=O) groups is 3. The fraction of sp³-hybridized carbons (Fsp3) is 0.438. The maximum atomic E-state index is 11.9. The number of allylic oxidation sites excluding steroid dienone is 3. The van der Waals surface area contributed by atoms with Crippen LogP contribution in [0, 0.1) is 0 Å². The van der Waals surface area contributed by atoms with Crippen molar-refractivity contribution < 1.29 is 14.4 Å². The van der Waals surface area contributed by atoms with Gasteiger partial charge >= 0.3 is 0 Å². The van der Waals surface area contributed by atoms with Gasteiger partial charge in [-0.25, -0.2) is 0 Å². The topological polar surface area (TPSA) is 78.5 Å². The van der Waals surface area contributed by atoms with Gasteiger partial charge in [-0.3, -0.25) is 14.4 Å². The van der Waals surface area contributed by atoms with Crippen LogP contribution >= 0.6 is 0 Å². The van der Waals surface area contributed by atoms with E-state index in [-0.39, 0.29) is 17.7 Å². The molecule has 0 unspecified atom stereocenters. The van der Waals surface area contributed by atoms with Gasteiger partial charge in [0.25, 0.3) is 0 Å². The van der Waals surface area contributed by atoms with Gasteiger partial charge in [-0.15, -0.1) is 0 Å². The Kier molecular flexibility index (Phi) is 11.0. The SMILES string of the molecule is CC=CC(=O)NCCN(CCNC(=O)C=CC)C(=O)C=CC. The molecule has 0 atom stereocenters. The molecule has 0 aliphatic rings. The number of nitrogens with zero attached hydrogens (tertiary/aromatic N) is 1. The number of hydrogen-bond donors (Lipinski definition) is 2. The molecule has 0 saturated carbocycles. The minimum Gasteiger partial charge on any atom is -0.351 e. The largest absolute Gasteiger partial charge is 0.351 e. The van der Waals surface area contributed by atoms with Gasteiger partial charge in [0.1, 0.15) is 0 Å². The molecule has 0 aromatic heterocycles. The van der Waals surface area contributed by atoms with Gasteiger partial charge in [0.2, 0.25) is 17.7 Å². The number of carbonyl (C=O) groups excluding carboxylic acids is 3. The Morgan fingerprint density at radius 3 is 1.55 bits per heavy atom. The molecule has 0 heterocycles. The summed E-state index contributed by atoms with van der Waals surface area (Å²) in [6.45, 7) is 6.75. The predicted octanol–water partition coefficient (Wildman–Crippen LogP) is 0.776. The van der Waals surface area contributed by atoms with Crippen molar-refractivity contribution in [1.29, 1.82) is 0 Å². The summed E-state index contributed by atoms with van der Waals surface area (Å²) >= 11 is 0. The first-order chi connectivity index (χ1) is 10.5. The fourth-order valence-corrected chi connectivity index (χ4v) is 1.63. The van der Waals surface area contributed by atoms with Crippen LogP contribution in [0.1, 0.15) is 20.8 Å². The van der Waals surface area contributed by atoms with Crippen molar-refractivity contribution in [3.05, 3.63) is 36.5 Å². The van der Waals surface area contributed by atoms with Crippen LogP contribution in [0.3, 0.4) is 0 Å². The molecular weight excluding hydrogens is 282 g/mol. The van der Waals surface area contributed by atoms with E-state index < -0.39 is 0 Å². The highest BCUT2D eigenvalue weighted by Crippen LogP contribution is 1.91. The molecule has 0 aromatic rings. The lowest BCUT2D eigenvalue weighted by atomic mass is 10.3. The lowest BCUT2D eigenvalue weighted by molar-refractivity contribution is -0.127. The molecule has 22 heavy (non-hydrogen) atoms. The highest BCUT2D eigenvalue weighted by molar-refractivity contribution is 5.89. The molecule has 0 fully saturated rings. The molecule has 0 bridgehead atoms. The first kappa shape index (κ1) is 19.6. The molecule has 122 valence electrons. The predicted molar refractivity (Wildman–Crippen MR) is 87.0 cm³/mol. The van der Waals surface area contributed by atoms with Crippen LogP contribution < -0.4 is 10.6 Å². The smallest absolute Gasteiger partial charge is 0.246 e. The molecule has 0 radical (unpaired) electrons. The molecule has 0 aromatic carbocycles. The Balaban J connectivity index is 4.35. The summed E-state index contributed by atoms with van der Waals surface area (Å²) in [5.74, 6) is -0.535. The van der Waals surface area contributed by atoms with Crippen LogP contribution in [-0.2, 0) is 14.4 Å². The standard InChI is InChI=1S/C16H25N3O3/c1-4-7-14(20)17-10-12-19(16(22)9-6-3)13-11-18-15(21)8-5-2/h4-9H,10-13H2,1-3H3,(H,17,20)(H,18,21). The van der Waals surface area contributed by atoms with Gasteiger partial charge in [-0.05, 0) is 39.0 Å². The number of nitrogens with one attached hydrogen (secondary N) is 2. The van der Waals surface area contributed by atoms with E-state index in [2.05, 4.69) is 10.6 Å². The van der Waals surface area contributed by atoms with Gasteiger partial charge in [-0.2, -0.15) is 0 Å². The summed E-state index contributed by atoms with van der Waals surface area (Å²) in [5.41, 5.74) is 0. The van der Waals surface area contributed by atoms with E-state index >= 15 is 0 Å². The average Bonchev–Trinajstić information content (AvgIpc) is 2.46. The Hall–Kier alpha value is -2.37. The highest BCUT2D eigenvalue weighted by atomic mass is 16.2. The Morgan fingerprint density at radius 2 is 1.18 bits per heavy atom. The quantitative estimate of drug-likeness (QED) is 0.618. The molecule has 6 nitrogen and oxygen atoms in total. The van der Waals surface area contributed by atoms with Gasteiger partial charge in [0, 0.05) is 26.2 Å². The van der Waals surface area contributed by atoms with Crippen molar-refractivity contribution in [2.45, 2.75) is 20.8 Å². The maximum Gasteiger partial charge on any atom is 0.246 e. The minimum atomic E-state index is -0.192. The molecule has 6 heteroatoms. The number of hydrogen-bond acceptors (Lipinski definition) is 3. The molecule has 0 aliphatic heterocycles. The molecule has 3 amide bonds. The zero-order chi connectivity index (χ0) is 16.8. The summed E-state index contributed by atoms with van der Waals surface area (Å²) in [4.78, 5) is 36.1. The van der Waals surface area contributed by atoms with Crippen molar-refractivity contribution in [2.24, 2.45) is 0 Å². The van der Waals surface area contributed by atoms with Crippen LogP contribution in [0.4, 0.5) is 0 Å². The molecule has 0 saturated heterocycles. The Morgan fingerprint density at radius 1 is 0.773 bits per heavy atom. The van der Waals surface area contributed by atoms with E-state index in [1.165, 1.54) is 18.2 Å². The summed E-state index contributed by atoms with van der Waals surface area (Å²) < 4.78 is 0. The van der Waals surface area contributed by atoms with E-state index in [4.69, 9.17) is 0 Å². The molecule has 0 rings (SSSR count). The number of rotatable bonds is 9. The third-order valence-corrected chi connectivity index (χ3v) is 2.62. The molecule has 0 spiro atoms. The van der Waals surface area contributed by atoms with Gasteiger partial charge in [0.05, 0.1) is 0 Å². The maximum absolute atomic E-state index is 11.9. The van der Waals surface area contributed by atoms with Crippen LogP contribution in [0.5, 0.6) is 0 Å². The van der Waals surface area contributed by atoms with E-state index in [9.17, 15) is 14.4 Å². The second-order valence-corrected chi connectivity index (χ2v) is 4.41. The lowest BCUT2D eigenvalue weighted by Gasteiger charge is -2.21. The Labute approximate surface area is 131 Å². The van der Waals surface area contributed by atoms with Crippen LogP contribution in [0.15, 0.2) is 36.5 Å². The third-order valence-electron chi connectivity index (χ3n) is 2.62. The zero-order valence-electron chi connectivity index (χ0n) is 13.5. The van der Waals surface area contributed by atoms with E-state index in [1.54, 1.807) is 43.9 Å². The fourth-order valence-electron chi connectivity index (χ4n) is 1.63. The Bertz CT molecular complexity index is 424. The van der Waals surface area contributed by atoms with Crippen molar-refractivity contribution in [1.82, 2.24) is 15.5 Å². The van der Waals surface area contributed by atoms with Crippen LogP contribution in [0.25, 0.3) is 0 Å². The summed E-state index contributed by atoms with van der Waals surface area (Å²) in [7, 11) is 0. The van der Waals surface area contributed by atoms with Crippen LogP contribution in [-0.4, -0.2) is 48.8 Å². The van der Waals surface area contributed by atoms with E-state index in [1.807, 2.05) is 0 Å². The van der Waals surface area contributed by atoms with Crippen LogP contribution in [0.2, 0.25) is 0 Å². The first-order valence-electron chi connectivity index (χ1n) is 7.27. The minimum absolute atomic E-state index is 0.150. The summed E-state index contributed by atoms with van der Waals surface area (Å²) in [6.07, 6.45) is 9.27. The third kappa shape index (κ3) is 9.52. The van der Waals surface area contributed by atoms with E-state index in [0.717, 1.165) is 0 Å². The van der Waals surface area contributed by atoms with Gasteiger partial charge < -0.3 is 15.5 Å². The second kappa shape index (κ2) is 12.4.